The fraction of sp³-hybridized carbons (Fsp3) is 0.435. The quantitative estimate of drug-likeness (QED) is 0.335. The maximum absolute atomic E-state index is 12.7. The molecule has 0 atom stereocenters. The van der Waals surface area contributed by atoms with Crippen LogP contribution in [-0.2, 0) is 29.9 Å². The van der Waals surface area contributed by atoms with E-state index in [0.717, 1.165) is 63.7 Å². The van der Waals surface area contributed by atoms with E-state index in [2.05, 4.69) is 64.5 Å². The molecule has 0 bridgehead atoms. The molecule has 3 aromatic rings. The molecular weight excluding hydrogens is 440 g/mol. The minimum atomic E-state index is -0.0317. The number of hydrogen-bond acceptors (Lipinski definition) is 7. The number of rotatable bonds is 10. The van der Waals surface area contributed by atoms with Crippen molar-refractivity contribution in [2.24, 2.45) is 0 Å². The van der Waals surface area contributed by atoms with Crippen LogP contribution in [0.2, 0.25) is 0 Å². The van der Waals surface area contributed by atoms with Gasteiger partial charge < -0.3 is 9.88 Å². The largest absolute Gasteiger partial charge is 0.325 e. The normalized spacial score (nSPS) is 11.0. The number of para-hydroxylation sites is 1. The molecule has 0 saturated carbocycles. The highest BCUT2D eigenvalue weighted by Gasteiger charge is 2.16. The summed E-state index contributed by atoms with van der Waals surface area (Å²) in [7, 11) is 0. The number of carbonyl (C=O) groups excluding carboxylic acids is 1. The zero-order chi connectivity index (χ0) is 23.1. The fourth-order valence-electron chi connectivity index (χ4n) is 3.45. The average molecular weight is 471 g/mol. The summed E-state index contributed by atoms with van der Waals surface area (Å²) in [5, 5.41) is 13.3. The Labute approximate surface area is 198 Å². The molecule has 1 N–H and O–H groups in total. The van der Waals surface area contributed by atoms with Crippen molar-refractivity contribution in [1.29, 1.82) is 0 Å². The number of carbonyl (C=O) groups is 1. The molecule has 170 valence electrons. The van der Waals surface area contributed by atoms with Gasteiger partial charge in [-0.15, -0.1) is 10.2 Å². The van der Waals surface area contributed by atoms with E-state index in [0.29, 0.717) is 5.75 Å². The second-order valence-electron chi connectivity index (χ2n) is 7.36. The summed E-state index contributed by atoms with van der Waals surface area (Å²) in [5.74, 6) is 1.73. The molecule has 7 nitrogen and oxygen atoms in total. The lowest BCUT2D eigenvalue weighted by Crippen LogP contribution is -2.17. The van der Waals surface area contributed by atoms with Crippen molar-refractivity contribution in [3.63, 3.8) is 0 Å². The second kappa shape index (κ2) is 11.5. The highest BCUT2D eigenvalue weighted by Crippen LogP contribution is 2.25. The van der Waals surface area contributed by atoms with Gasteiger partial charge in [0.25, 0.3) is 0 Å². The predicted octanol–water partition coefficient (Wildman–Crippen LogP) is 4.85. The van der Waals surface area contributed by atoms with Gasteiger partial charge in [0.1, 0.15) is 5.82 Å². The molecule has 1 amide bonds. The number of aryl methyl sites for hydroxylation is 4. The Kier molecular flexibility index (Phi) is 8.69. The number of anilines is 1. The Morgan fingerprint density at radius 2 is 1.66 bits per heavy atom. The van der Waals surface area contributed by atoms with Gasteiger partial charge in [0.2, 0.25) is 5.91 Å². The van der Waals surface area contributed by atoms with Gasteiger partial charge in [0.15, 0.2) is 10.3 Å². The summed E-state index contributed by atoms with van der Waals surface area (Å²) in [5.41, 5.74) is 5.18. The summed E-state index contributed by atoms with van der Waals surface area (Å²) >= 11 is 2.96. The van der Waals surface area contributed by atoms with Gasteiger partial charge in [-0.05, 0) is 50.8 Å². The zero-order valence-electron chi connectivity index (χ0n) is 19.3. The molecule has 32 heavy (non-hydrogen) atoms. The van der Waals surface area contributed by atoms with Crippen LogP contribution in [-0.4, -0.2) is 36.4 Å². The molecule has 1 aromatic carbocycles. The van der Waals surface area contributed by atoms with E-state index in [-0.39, 0.29) is 11.7 Å². The number of nitrogens with zero attached hydrogens (tertiary/aromatic N) is 5. The molecule has 9 heteroatoms. The maximum Gasteiger partial charge on any atom is 0.234 e. The van der Waals surface area contributed by atoms with Gasteiger partial charge in [0.05, 0.1) is 11.5 Å². The fourth-order valence-corrected chi connectivity index (χ4v) is 5.16. The lowest BCUT2D eigenvalue weighted by Gasteiger charge is -2.14. The molecule has 2 heterocycles. The van der Waals surface area contributed by atoms with Crippen LogP contribution in [0.4, 0.5) is 5.69 Å². The van der Waals surface area contributed by atoms with Gasteiger partial charge in [-0.3, -0.25) is 4.79 Å². The molecule has 0 saturated heterocycles. The standard InChI is InChI=1S/C23H30N6OS2/c1-6-17-10-9-11-18(7-2)21(17)26-20(30)14-32-23-28-27-19(29(23)8-3)13-31-22-24-15(4)12-16(5)25-22/h9-12H,6-8,13-14H2,1-5H3,(H,26,30). The molecular formula is C23H30N6OS2. The van der Waals surface area contributed by atoms with Crippen molar-refractivity contribution in [3.8, 4) is 0 Å². The molecule has 0 radical (unpaired) electrons. The van der Waals surface area contributed by atoms with Crippen LogP contribution in [0.3, 0.4) is 0 Å². The lowest BCUT2D eigenvalue weighted by atomic mass is 10.0. The number of amides is 1. The minimum Gasteiger partial charge on any atom is -0.325 e. The first-order valence-corrected chi connectivity index (χ1v) is 12.8. The van der Waals surface area contributed by atoms with Crippen LogP contribution in [0.15, 0.2) is 34.6 Å². The third kappa shape index (κ3) is 6.10. The van der Waals surface area contributed by atoms with Crippen molar-refractivity contribution in [1.82, 2.24) is 24.7 Å². The van der Waals surface area contributed by atoms with Gasteiger partial charge in [0, 0.05) is 23.6 Å². The van der Waals surface area contributed by atoms with E-state index < -0.39 is 0 Å². The van der Waals surface area contributed by atoms with E-state index in [1.807, 2.05) is 24.5 Å². The van der Waals surface area contributed by atoms with Crippen LogP contribution in [0.1, 0.15) is 49.1 Å². The van der Waals surface area contributed by atoms with E-state index in [1.165, 1.54) is 11.8 Å². The number of nitrogens with one attached hydrogen (secondary N) is 1. The summed E-state index contributed by atoms with van der Waals surface area (Å²) in [4.78, 5) is 21.6. The van der Waals surface area contributed by atoms with Crippen LogP contribution in [0.5, 0.6) is 0 Å². The van der Waals surface area contributed by atoms with Crippen LogP contribution in [0, 0.1) is 13.8 Å². The van der Waals surface area contributed by atoms with Crippen LogP contribution >= 0.6 is 23.5 Å². The monoisotopic (exact) mass is 470 g/mol. The predicted molar refractivity (Wildman–Crippen MR) is 131 cm³/mol. The zero-order valence-corrected chi connectivity index (χ0v) is 20.9. The van der Waals surface area contributed by atoms with E-state index in [4.69, 9.17) is 0 Å². The summed E-state index contributed by atoms with van der Waals surface area (Å²) in [6.07, 6.45) is 1.76. The summed E-state index contributed by atoms with van der Waals surface area (Å²) < 4.78 is 2.05. The Morgan fingerprint density at radius 3 is 2.25 bits per heavy atom. The van der Waals surface area contributed by atoms with Crippen molar-refractivity contribution in [2.75, 3.05) is 11.1 Å². The highest BCUT2D eigenvalue weighted by molar-refractivity contribution is 7.99. The Bertz CT molecular complexity index is 1040. The topological polar surface area (TPSA) is 85.6 Å². The highest BCUT2D eigenvalue weighted by atomic mass is 32.2. The smallest absolute Gasteiger partial charge is 0.234 e. The van der Waals surface area contributed by atoms with Gasteiger partial charge >= 0.3 is 0 Å². The Balaban J connectivity index is 1.63. The van der Waals surface area contributed by atoms with Crippen LogP contribution in [0.25, 0.3) is 0 Å². The van der Waals surface area contributed by atoms with E-state index >= 15 is 0 Å². The third-order valence-electron chi connectivity index (χ3n) is 5.00. The molecule has 3 rings (SSSR count). The number of hydrogen-bond donors (Lipinski definition) is 1. The third-order valence-corrected chi connectivity index (χ3v) is 6.81. The molecule has 0 aliphatic rings. The van der Waals surface area contributed by atoms with Crippen molar-refractivity contribution >= 4 is 35.1 Å². The average Bonchev–Trinajstić information content (AvgIpc) is 3.17. The van der Waals surface area contributed by atoms with Crippen LogP contribution < -0.4 is 5.32 Å². The van der Waals surface area contributed by atoms with Gasteiger partial charge in [-0.1, -0.05) is 55.6 Å². The molecule has 0 fully saturated rings. The number of benzene rings is 1. The summed E-state index contributed by atoms with van der Waals surface area (Å²) in [6.45, 7) is 10.9. The van der Waals surface area contributed by atoms with E-state index in [1.54, 1.807) is 11.8 Å². The lowest BCUT2D eigenvalue weighted by molar-refractivity contribution is -0.113. The minimum absolute atomic E-state index is 0.0317. The number of thioether (sulfide) groups is 2. The van der Waals surface area contributed by atoms with Gasteiger partial charge in [-0.2, -0.15) is 0 Å². The molecule has 0 unspecified atom stereocenters. The van der Waals surface area contributed by atoms with Crippen molar-refractivity contribution < 1.29 is 4.79 Å². The number of aromatic nitrogens is 5. The molecule has 2 aromatic heterocycles. The maximum atomic E-state index is 12.7. The first-order valence-electron chi connectivity index (χ1n) is 10.9. The van der Waals surface area contributed by atoms with Crippen molar-refractivity contribution in [3.05, 3.63) is 52.6 Å². The molecule has 0 aliphatic heterocycles. The summed E-state index contributed by atoms with van der Waals surface area (Å²) in [6, 6.07) is 8.15. The molecule has 0 spiro atoms. The second-order valence-corrected chi connectivity index (χ2v) is 9.25. The first-order chi connectivity index (χ1) is 15.4. The molecule has 0 aliphatic carbocycles. The first kappa shape index (κ1) is 24.3. The SMILES string of the molecule is CCc1cccc(CC)c1NC(=O)CSc1nnc(CSc2nc(C)cc(C)n2)n1CC. The van der Waals surface area contributed by atoms with Gasteiger partial charge in [-0.25, -0.2) is 9.97 Å². The van der Waals surface area contributed by atoms with Crippen molar-refractivity contribution in [2.45, 2.75) is 70.1 Å². The Morgan fingerprint density at radius 1 is 1.00 bits per heavy atom. The van der Waals surface area contributed by atoms with E-state index in [9.17, 15) is 4.79 Å². The Hall–Kier alpha value is -2.39.